The van der Waals surface area contributed by atoms with E-state index in [9.17, 15) is 0 Å². The summed E-state index contributed by atoms with van der Waals surface area (Å²) in [5.74, 6) is 0.743. The lowest BCUT2D eigenvalue weighted by Gasteiger charge is -2.32. The van der Waals surface area contributed by atoms with Crippen molar-refractivity contribution in [2.45, 2.75) is 6.10 Å². The molecule has 0 saturated carbocycles. The number of anilines is 1. The molecule has 1 aromatic heterocycles. The van der Waals surface area contributed by atoms with Crippen molar-refractivity contribution in [1.82, 2.24) is 9.97 Å². The molecule has 1 fully saturated rings. The second kappa shape index (κ2) is 5.56. The average Bonchev–Trinajstić information content (AvgIpc) is 2.31. The van der Waals surface area contributed by atoms with Crippen molar-refractivity contribution < 1.29 is 9.47 Å². The minimum absolute atomic E-state index is 0.103. The van der Waals surface area contributed by atoms with Gasteiger partial charge < -0.3 is 14.4 Å². The summed E-state index contributed by atoms with van der Waals surface area (Å²) in [6.45, 7) is 2.89. The van der Waals surface area contributed by atoms with E-state index in [2.05, 4.69) is 30.8 Å². The molecule has 0 aliphatic carbocycles. The number of morpholine rings is 1. The van der Waals surface area contributed by atoms with E-state index in [1.165, 1.54) is 0 Å². The lowest BCUT2D eigenvalue weighted by atomic mass is 10.3. The van der Waals surface area contributed by atoms with Gasteiger partial charge in [-0.2, -0.15) is 0 Å². The molecule has 1 aromatic rings. The molecule has 6 heteroatoms. The molecule has 16 heavy (non-hydrogen) atoms. The van der Waals surface area contributed by atoms with Gasteiger partial charge in [0.1, 0.15) is 0 Å². The lowest BCUT2D eigenvalue weighted by Crippen LogP contribution is -2.45. The summed E-state index contributed by atoms with van der Waals surface area (Å²) in [7, 11) is 1.68. The van der Waals surface area contributed by atoms with Gasteiger partial charge in [0.05, 0.1) is 23.8 Å². The molecule has 5 nitrogen and oxygen atoms in total. The smallest absolute Gasteiger partial charge is 0.225 e. The number of ether oxygens (including phenoxy) is 2. The molecule has 1 aliphatic rings. The maximum absolute atomic E-state index is 5.56. The Kier molecular flexibility index (Phi) is 4.09. The van der Waals surface area contributed by atoms with Crippen molar-refractivity contribution in [2.75, 3.05) is 38.3 Å². The van der Waals surface area contributed by atoms with Crippen molar-refractivity contribution >= 4 is 21.9 Å². The van der Waals surface area contributed by atoms with Crippen molar-refractivity contribution in [3.8, 4) is 0 Å². The first-order valence-electron chi connectivity index (χ1n) is 5.12. The minimum Gasteiger partial charge on any atom is -0.382 e. The average molecular weight is 288 g/mol. The molecule has 2 heterocycles. The molecule has 88 valence electrons. The highest BCUT2D eigenvalue weighted by molar-refractivity contribution is 9.10. The summed E-state index contributed by atoms with van der Waals surface area (Å²) >= 11 is 3.32. The molecular weight excluding hydrogens is 274 g/mol. The van der Waals surface area contributed by atoms with E-state index in [4.69, 9.17) is 9.47 Å². The molecule has 0 unspecified atom stereocenters. The van der Waals surface area contributed by atoms with Crippen LogP contribution < -0.4 is 4.90 Å². The van der Waals surface area contributed by atoms with Gasteiger partial charge in [-0.3, -0.25) is 0 Å². The number of nitrogens with zero attached hydrogens (tertiary/aromatic N) is 3. The second-order valence-electron chi connectivity index (χ2n) is 3.60. The summed E-state index contributed by atoms with van der Waals surface area (Å²) < 4.78 is 11.5. The molecule has 0 aromatic carbocycles. The number of rotatable bonds is 3. The fraction of sp³-hybridized carbons (Fsp3) is 0.600. The van der Waals surface area contributed by atoms with Crippen molar-refractivity contribution in [2.24, 2.45) is 0 Å². The van der Waals surface area contributed by atoms with E-state index in [1.54, 1.807) is 19.5 Å². The molecule has 2 rings (SSSR count). The zero-order valence-electron chi connectivity index (χ0n) is 9.10. The Balaban J connectivity index is 2.01. The highest BCUT2D eigenvalue weighted by Gasteiger charge is 2.21. The van der Waals surface area contributed by atoms with Gasteiger partial charge in [0.15, 0.2) is 0 Å². The Morgan fingerprint density at radius 1 is 1.56 bits per heavy atom. The van der Waals surface area contributed by atoms with Gasteiger partial charge >= 0.3 is 0 Å². The summed E-state index contributed by atoms with van der Waals surface area (Å²) in [4.78, 5) is 10.6. The predicted molar refractivity (Wildman–Crippen MR) is 63.6 cm³/mol. The van der Waals surface area contributed by atoms with E-state index in [1.807, 2.05) is 0 Å². The van der Waals surface area contributed by atoms with Crippen LogP contribution in [0, 0.1) is 0 Å². The van der Waals surface area contributed by atoms with Gasteiger partial charge in [-0.15, -0.1) is 0 Å². The molecule has 1 atom stereocenters. The largest absolute Gasteiger partial charge is 0.382 e. The van der Waals surface area contributed by atoms with Crippen molar-refractivity contribution in [3.63, 3.8) is 0 Å². The highest BCUT2D eigenvalue weighted by Crippen LogP contribution is 2.14. The van der Waals surface area contributed by atoms with Crippen molar-refractivity contribution in [3.05, 3.63) is 16.9 Å². The molecule has 0 bridgehead atoms. The van der Waals surface area contributed by atoms with Crippen LogP contribution in [0.3, 0.4) is 0 Å². The van der Waals surface area contributed by atoms with E-state index in [0.29, 0.717) is 13.2 Å². The molecular formula is C10H14BrN3O2. The Morgan fingerprint density at radius 2 is 2.31 bits per heavy atom. The van der Waals surface area contributed by atoms with Crippen LogP contribution in [0.2, 0.25) is 0 Å². The minimum atomic E-state index is 0.103. The predicted octanol–water partition coefficient (Wildman–Crippen LogP) is 1.09. The normalized spacial score (nSPS) is 21.1. The summed E-state index contributed by atoms with van der Waals surface area (Å²) in [6, 6.07) is 0. The van der Waals surface area contributed by atoms with Crippen LogP contribution in [0.25, 0.3) is 0 Å². The van der Waals surface area contributed by atoms with Crippen LogP contribution in [-0.4, -0.2) is 49.5 Å². The van der Waals surface area contributed by atoms with Crippen LogP contribution >= 0.6 is 15.9 Å². The number of hydrogen-bond acceptors (Lipinski definition) is 5. The first-order chi connectivity index (χ1) is 7.79. The van der Waals surface area contributed by atoms with Gasteiger partial charge in [-0.05, 0) is 15.9 Å². The monoisotopic (exact) mass is 287 g/mol. The van der Waals surface area contributed by atoms with E-state index < -0.39 is 0 Å². The standard InChI is InChI=1S/C10H14BrN3O2/c1-15-7-9-6-14(2-3-16-9)10-12-4-8(11)5-13-10/h4-5,9H,2-3,6-7H2,1H3/t9-/m0/s1. The summed E-state index contributed by atoms with van der Waals surface area (Å²) in [5, 5.41) is 0. The lowest BCUT2D eigenvalue weighted by molar-refractivity contribution is -0.0104. The molecule has 0 radical (unpaired) electrons. The Bertz CT molecular complexity index is 331. The molecule has 1 saturated heterocycles. The number of aromatic nitrogens is 2. The van der Waals surface area contributed by atoms with E-state index in [0.717, 1.165) is 23.5 Å². The third-order valence-electron chi connectivity index (χ3n) is 2.38. The van der Waals surface area contributed by atoms with Crippen LogP contribution in [-0.2, 0) is 9.47 Å². The van der Waals surface area contributed by atoms with Crippen LogP contribution in [0.4, 0.5) is 5.95 Å². The third kappa shape index (κ3) is 2.90. The van der Waals surface area contributed by atoms with Crippen LogP contribution in [0.1, 0.15) is 0 Å². The zero-order chi connectivity index (χ0) is 11.4. The summed E-state index contributed by atoms with van der Waals surface area (Å²) in [5.41, 5.74) is 0. The summed E-state index contributed by atoms with van der Waals surface area (Å²) in [6.07, 6.45) is 3.61. The first-order valence-corrected chi connectivity index (χ1v) is 5.92. The Morgan fingerprint density at radius 3 is 3.00 bits per heavy atom. The number of hydrogen-bond donors (Lipinski definition) is 0. The number of methoxy groups -OCH3 is 1. The molecule has 0 amide bonds. The van der Waals surface area contributed by atoms with Gasteiger partial charge in [-0.25, -0.2) is 9.97 Å². The fourth-order valence-electron chi connectivity index (χ4n) is 1.66. The van der Waals surface area contributed by atoms with Gasteiger partial charge in [0.2, 0.25) is 5.95 Å². The quantitative estimate of drug-likeness (QED) is 0.833. The molecule has 1 aliphatic heterocycles. The van der Waals surface area contributed by atoms with Crippen LogP contribution in [0.15, 0.2) is 16.9 Å². The maximum Gasteiger partial charge on any atom is 0.225 e. The fourth-order valence-corrected chi connectivity index (χ4v) is 1.86. The SMILES string of the molecule is COC[C@@H]1CN(c2ncc(Br)cn2)CCO1. The van der Waals surface area contributed by atoms with Gasteiger partial charge in [0.25, 0.3) is 0 Å². The maximum atomic E-state index is 5.56. The topological polar surface area (TPSA) is 47.5 Å². The van der Waals surface area contributed by atoms with E-state index in [-0.39, 0.29) is 6.10 Å². The first kappa shape index (κ1) is 11.8. The number of halogens is 1. The van der Waals surface area contributed by atoms with E-state index >= 15 is 0 Å². The third-order valence-corrected chi connectivity index (χ3v) is 2.79. The molecule has 0 spiro atoms. The Labute approximate surface area is 103 Å². The highest BCUT2D eigenvalue weighted by atomic mass is 79.9. The zero-order valence-corrected chi connectivity index (χ0v) is 10.7. The Hall–Kier alpha value is -0.720. The van der Waals surface area contributed by atoms with Gasteiger partial charge in [-0.1, -0.05) is 0 Å². The van der Waals surface area contributed by atoms with Gasteiger partial charge in [0, 0.05) is 32.6 Å². The van der Waals surface area contributed by atoms with Crippen molar-refractivity contribution in [1.29, 1.82) is 0 Å². The van der Waals surface area contributed by atoms with Crippen LogP contribution in [0.5, 0.6) is 0 Å². The second-order valence-corrected chi connectivity index (χ2v) is 4.51. The molecule has 0 N–H and O–H groups in total.